The standard InChI is InChI=1S/C17H11FN2O4/c18-13-3-1-2-4-14(13)19-17(21)16-10-9-15(24-16)11-5-7-12(8-6-11)20(22)23/h1-10H,(H,19,21). The van der Waals surface area contributed by atoms with Gasteiger partial charge in [-0.1, -0.05) is 12.1 Å². The van der Waals surface area contributed by atoms with Gasteiger partial charge in [-0.25, -0.2) is 4.39 Å². The molecule has 0 unspecified atom stereocenters. The molecule has 0 bridgehead atoms. The Hall–Kier alpha value is -3.48. The monoisotopic (exact) mass is 326 g/mol. The van der Waals surface area contributed by atoms with E-state index in [-0.39, 0.29) is 17.1 Å². The number of carbonyl (C=O) groups is 1. The first-order chi connectivity index (χ1) is 11.5. The Bertz CT molecular complexity index is 903. The zero-order valence-corrected chi connectivity index (χ0v) is 12.2. The van der Waals surface area contributed by atoms with Crippen LogP contribution in [0.4, 0.5) is 15.8 Å². The first kappa shape index (κ1) is 15.4. The number of nitro groups is 1. The summed E-state index contributed by atoms with van der Waals surface area (Å²) in [7, 11) is 0. The number of non-ortho nitro benzene ring substituents is 1. The Morgan fingerprint density at radius 3 is 2.42 bits per heavy atom. The van der Waals surface area contributed by atoms with Crippen molar-refractivity contribution in [2.24, 2.45) is 0 Å². The molecule has 0 spiro atoms. The van der Waals surface area contributed by atoms with Crippen molar-refractivity contribution >= 4 is 17.3 Å². The molecule has 0 aliphatic heterocycles. The lowest BCUT2D eigenvalue weighted by Gasteiger charge is -2.04. The second-order valence-corrected chi connectivity index (χ2v) is 4.90. The predicted octanol–water partition coefficient (Wildman–Crippen LogP) is 4.25. The van der Waals surface area contributed by atoms with Crippen LogP contribution in [0.1, 0.15) is 10.6 Å². The topological polar surface area (TPSA) is 85.4 Å². The van der Waals surface area contributed by atoms with Crippen LogP contribution in [0, 0.1) is 15.9 Å². The van der Waals surface area contributed by atoms with E-state index in [0.29, 0.717) is 11.3 Å². The average molecular weight is 326 g/mol. The highest BCUT2D eigenvalue weighted by Gasteiger charge is 2.14. The second kappa shape index (κ2) is 6.33. The lowest BCUT2D eigenvalue weighted by Crippen LogP contribution is -2.11. The highest BCUT2D eigenvalue weighted by atomic mass is 19.1. The highest BCUT2D eigenvalue weighted by molar-refractivity contribution is 6.02. The summed E-state index contributed by atoms with van der Waals surface area (Å²) in [6, 6.07) is 14.5. The number of carbonyl (C=O) groups excluding carboxylic acids is 1. The summed E-state index contributed by atoms with van der Waals surface area (Å²) < 4.78 is 19.0. The van der Waals surface area contributed by atoms with E-state index in [1.165, 1.54) is 48.5 Å². The summed E-state index contributed by atoms with van der Waals surface area (Å²) >= 11 is 0. The van der Waals surface area contributed by atoms with Crippen molar-refractivity contribution in [2.75, 3.05) is 5.32 Å². The van der Waals surface area contributed by atoms with Gasteiger partial charge >= 0.3 is 0 Å². The van der Waals surface area contributed by atoms with Gasteiger partial charge in [-0.3, -0.25) is 14.9 Å². The number of hydrogen-bond donors (Lipinski definition) is 1. The smallest absolute Gasteiger partial charge is 0.291 e. The van der Waals surface area contributed by atoms with Gasteiger partial charge in [0.15, 0.2) is 5.76 Å². The lowest BCUT2D eigenvalue weighted by molar-refractivity contribution is -0.384. The third kappa shape index (κ3) is 3.14. The molecule has 0 saturated carbocycles. The highest BCUT2D eigenvalue weighted by Crippen LogP contribution is 2.25. The normalized spacial score (nSPS) is 10.4. The van der Waals surface area contributed by atoms with Crippen molar-refractivity contribution in [3.05, 3.63) is 82.4 Å². The number of amides is 1. The molecule has 24 heavy (non-hydrogen) atoms. The largest absolute Gasteiger partial charge is 0.451 e. The van der Waals surface area contributed by atoms with Crippen molar-refractivity contribution in [2.45, 2.75) is 0 Å². The molecule has 1 aromatic heterocycles. The minimum absolute atomic E-state index is 0.00612. The van der Waals surface area contributed by atoms with Gasteiger partial charge in [-0.15, -0.1) is 0 Å². The van der Waals surface area contributed by atoms with Gasteiger partial charge in [-0.05, 0) is 36.4 Å². The molecule has 3 rings (SSSR count). The van der Waals surface area contributed by atoms with E-state index in [9.17, 15) is 19.3 Å². The van der Waals surface area contributed by atoms with Crippen LogP contribution >= 0.6 is 0 Å². The molecular weight excluding hydrogens is 315 g/mol. The van der Waals surface area contributed by atoms with Gasteiger partial charge in [0.1, 0.15) is 11.6 Å². The molecule has 0 saturated heterocycles. The third-order valence-electron chi connectivity index (χ3n) is 3.31. The number of nitrogens with one attached hydrogen (secondary N) is 1. The van der Waals surface area contributed by atoms with Crippen molar-refractivity contribution in [3.63, 3.8) is 0 Å². The number of halogens is 1. The number of para-hydroxylation sites is 1. The van der Waals surface area contributed by atoms with Crippen LogP contribution in [0.2, 0.25) is 0 Å². The van der Waals surface area contributed by atoms with Crippen molar-refractivity contribution in [1.82, 2.24) is 0 Å². The molecule has 0 fully saturated rings. The Morgan fingerprint density at radius 1 is 1.04 bits per heavy atom. The molecule has 0 aliphatic carbocycles. The number of anilines is 1. The van der Waals surface area contributed by atoms with Crippen LogP contribution in [0.5, 0.6) is 0 Å². The maximum atomic E-state index is 13.5. The Kier molecular flexibility index (Phi) is 4.07. The summed E-state index contributed by atoms with van der Waals surface area (Å²) in [5.41, 5.74) is 0.601. The molecule has 7 heteroatoms. The first-order valence-corrected chi connectivity index (χ1v) is 6.95. The molecule has 6 nitrogen and oxygen atoms in total. The SMILES string of the molecule is O=C(Nc1ccccc1F)c1ccc(-c2ccc([N+](=O)[O-])cc2)o1. The van der Waals surface area contributed by atoms with Crippen LogP contribution < -0.4 is 5.32 Å². The van der Waals surface area contributed by atoms with Gasteiger partial charge in [0.25, 0.3) is 11.6 Å². The number of nitro benzene ring substituents is 1. The van der Waals surface area contributed by atoms with Crippen LogP contribution in [0.3, 0.4) is 0 Å². The van der Waals surface area contributed by atoms with E-state index >= 15 is 0 Å². The summed E-state index contributed by atoms with van der Waals surface area (Å²) in [6.45, 7) is 0. The molecule has 0 atom stereocenters. The molecule has 1 N–H and O–H groups in total. The number of nitrogens with zero attached hydrogens (tertiary/aromatic N) is 1. The zero-order chi connectivity index (χ0) is 17.1. The average Bonchev–Trinajstić information content (AvgIpc) is 3.07. The molecule has 0 aliphatic rings. The molecular formula is C17H11FN2O4. The quantitative estimate of drug-likeness (QED) is 0.574. The molecule has 3 aromatic rings. The van der Waals surface area contributed by atoms with Gasteiger partial charge in [-0.2, -0.15) is 0 Å². The van der Waals surface area contributed by atoms with E-state index in [4.69, 9.17) is 4.42 Å². The van der Waals surface area contributed by atoms with Crippen molar-refractivity contribution < 1.29 is 18.5 Å². The fraction of sp³-hybridized carbons (Fsp3) is 0. The molecule has 120 valence electrons. The first-order valence-electron chi connectivity index (χ1n) is 6.95. The number of furan rings is 1. The fourth-order valence-corrected chi connectivity index (χ4v) is 2.11. The minimum atomic E-state index is -0.590. The Labute approximate surface area is 135 Å². The fourth-order valence-electron chi connectivity index (χ4n) is 2.11. The third-order valence-corrected chi connectivity index (χ3v) is 3.31. The summed E-state index contributed by atoms with van der Waals surface area (Å²) in [4.78, 5) is 22.2. The minimum Gasteiger partial charge on any atom is -0.451 e. The lowest BCUT2D eigenvalue weighted by atomic mass is 10.1. The van der Waals surface area contributed by atoms with E-state index < -0.39 is 16.6 Å². The van der Waals surface area contributed by atoms with E-state index in [1.54, 1.807) is 12.1 Å². The predicted molar refractivity (Wildman–Crippen MR) is 85.2 cm³/mol. The summed E-state index contributed by atoms with van der Waals surface area (Å²) in [5.74, 6) is -0.753. The molecule has 0 radical (unpaired) electrons. The van der Waals surface area contributed by atoms with Crippen LogP contribution in [0.15, 0.2) is 65.1 Å². The number of benzene rings is 2. The van der Waals surface area contributed by atoms with Crippen LogP contribution in [-0.4, -0.2) is 10.8 Å². The zero-order valence-electron chi connectivity index (χ0n) is 12.2. The maximum absolute atomic E-state index is 13.5. The molecule has 1 heterocycles. The van der Waals surface area contributed by atoms with Gasteiger partial charge in [0, 0.05) is 17.7 Å². The van der Waals surface area contributed by atoms with Crippen molar-refractivity contribution in [3.8, 4) is 11.3 Å². The van der Waals surface area contributed by atoms with Gasteiger partial charge < -0.3 is 9.73 Å². The van der Waals surface area contributed by atoms with E-state index in [2.05, 4.69) is 5.32 Å². The van der Waals surface area contributed by atoms with Gasteiger partial charge in [0.2, 0.25) is 0 Å². The summed E-state index contributed by atoms with van der Waals surface area (Å²) in [6.07, 6.45) is 0. The maximum Gasteiger partial charge on any atom is 0.291 e. The number of hydrogen-bond acceptors (Lipinski definition) is 4. The molecule has 2 aromatic carbocycles. The van der Waals surface area contributed by atoms with Crippen LogP contribution in [0.25, 0.3) is 11.3 Å². The second-order valence-electron chi connectivity index (χ2n) is 4.90. The molecule has 1 amide bonds. The van der Waals surface area contributed by atoms with E-state index in [0.717, 1.165) is 0 Å². The van der Waals surface area contributed by atoms with E-state index in [1.807, 2.05) is 0 Å². The number of rotatable bonds is 4. The summed E-state index contributed by atoms with van der Waals surface area (Å²) in [5, 5.41) is 13.1. The Balaban J connectivity index is 1.78. The van der Waals surface area contributed by atoms with Crippen LogP contribution in [-0.2, 0) is 0 Å². The Morgan fingerprint density at radius 2 is 1.75 bits per heavy atom. The van der Waals surface area contributed by atoms with Crippen molar-refractivity contribution in [1.29, 1.82) is 0 Å². The van der Waals surface area contributed by atoms with Gasteiger partial charge in [0.05, 0.1) is 10.6 Å².